The number of aryl methyl sites for hydroxylation is 1. The minimum Gasteiger partial charge on any atom is -0.484 e. The van der Waals surface area contributed by atoms with Crippen LogP contribution >= 0.6 is 0 Å². The van der Waals surface area contributed by atoms with E-state index in [9.17, 15) is 21.6 Å². The molecular formula is C26H35N3O6S2. The number of piperidine rings is 1. The van der Waals surface area contributed by atoms with Crippen molar-refractivity contribution in [2.75, 3.05) is 39.3 Å². The van der Waals surface area contributed by atoms with Gasteiger partial charge in [0.25, 0.3) is 5.91 Å². The minimum atomic E-state index is -3.52. The zero-order chi connectivity index (χ0) is 26.5. The number of benzene rings is 2. The molecule has 0 bridgehead atoms. The SMILES string of the molecule is Cc1cc(S(=O)(=O)N2CCCCC2)ccc1OCC(=O)NCCc1ccc(S(=O)(=O)N2CCCC2)cc1. The molecule has 0 aromatic heterocycles. The third-order valence-electron chi connectivity index (χ3n) is 6.82. The largest absolute Gasteiger partial charge is 0.484 e. The van der Waals surface area contributed by atoms with Gasteiger partial charge in [-0.3, -0.25) is 4.79 Å². The number of nitrogens with one attached hydrogen (secondary N) is 1. The normalized spacial score (nSPS) is 17.5. The molecule has 0 aliphatic carbocycles. The molecule has 2 aliphatic heterocycles. The fraction of sp³-hybridized carbons (Fsp3) is 0.500. The van der Waals surface area contributed by atoms with Crippen LogP contribution in [-0.2, 0) is 31.3 Å². The molecule has 1 N–H and O–H groups in total. The lowest BCUT2D eigenvalue weighted by Crippen LogP contribution is -2.35. The fourth-order valence-corrected chi connectivity index (χ4v) is 7.76. The van der Waals surface area contributed by atoms with Gasteiger partial charge < -0.3 is 10.1 Å². The number of hydrogen-bond acceptors (Lipinski definition) is 6. The molecule has 2 aromatic rings. The van der Waals surface area contributed by atoms with Crippen molar-refractivity contribution in [1.82, 2.24) is 13.9 Å². The standard InChI is InChI=1S/C26H35N3O6S2/c1-21-19-24(37(33,34)29-15-3-2-4-16-29)11-12-25(21)35-20-26(30)27-14-13-22-7-9-23(10-8-22)36(31,32)28-17-5-6-18-28/h7-12,19H,2-6,13-18,20H2,1H3,(H,27,30). The third kappa shape index (κ3) is 6.70. The molecule has 0 spiro atoms. The predicted octanol–water partition coefficient (Wildman–Crippen LogP) is 2.69. The van der Waals surface area contributed by atoms with Crippen molar-refractivity contribution in [3.05, 3.63) is 53.6 Å². The summed E-state index contributed by atoms with van der Waals surface area (Å²) in [5, 5.41) is 2.80. The maximum absolute atomic E-state index is 12.9. The third-order valence-corrected chi connectivity index (χ3v) is 10.6. The van der Waals surface area contributed by atoms with Crippen LogP contribution in [0.2, 0.25) is 0 Å². The highest BCUT2D eigenvalue weighted by atomic mass is 32.2. The average molecular weight is 550 g/mol. The summed E-state index contributed by atoms with van der Waals surface area (Å²) in [6.07, 6.45) is 5.15. The van der Waals surface area contributed by atoms with E-state index in [0.717, 1.165) is 37.7 Å². The van der Waals surface area contributed by atoms with E-state index in [4.69, 9.17) is 4.74 Å². The van der Waals surface area contributed by atoms with Crippen LogP contribution in [0.25, 0.3) is 0 Å². The lowest BCUT2D eigenvalue weighted by molar-refractivity contribution is -0.123. The number of carbonyl (C=O) groups is 1. The number of nitrogens with zero attached hydrogens (tertiary/aromatic N) is 2. The topological polar surface area (TPSA) is 113 Å². The first kappa shape index (κ1) is 27.6. The Labute approximate surface area is 219 Å². The van der Waals surface area contributed by atoms with Gasteiger partial charge in [0, 0.05) is 32.7 Å². The lowest BCUT2D eigenvalue weighted by Gasteiger charge is -2.26. The van der Waals surface area contributed by atoms with Crippen LogP contribution in [0.15, 0.2) is 52.3 Å². The van der Waals surface area contributed by atoms with Gasteiger partial charge in [0.1, 0.15) is 5.75 Å². The van der Waals surface area contributed by atoms with Crippen LogP contribution in [0.5, 0.6) is 5.75 Å². The number of amides is 1. The Morgan fingerprint density at radius 3 is 1.95 bits per heavy atom. The Balaban J connectivity index is 1.24. The van der Waals surface area contributed by atoms with Crippen molar-refractivity contribution >= 4 is 26.0 Å². The van der Waals surface area contributed by atoms with Crippen molar-refractivity contribution in [1.29, 1.82) is 0 Å². The van der Waals surface area contributed by atoms with Gasteiger partial charge in [-0.25, -0.2) is 16.8 Å². The number of ether oxygens (including phenoxy) is 1. The highest BCUT2D eigenvalue weighted by Crippen LogP contribution is 2.26. The summed E-state index contributed by atoms with van der Waals surface area (Å²) in [6.45, 7) is 4.18. The first-order valence-corrected chi connectivity index (χ1v) is 15.7. The second kappa shape index (κ2) is 11.9. The zero-order valence-electron chi connectivity index (χ0n) is 21.2. The number of carbonyl (C=O) groups excluding carboxylic acids is 1. The number of rotatable bonds is 10. The van der Waals surface area contributed by atoms with Gasteiger partial charge >= 0.3 is 0 Å². The molecule has 11 heteroatoms. The van der Waals surface area contributed by atoms with E-state index >= 15 is 0 Å². The van der Waals surface area contributed by atoms with E-state index in [0.29, 0.717) is 55.4 Å². The van der Waals surface area contributed by atoms with Crippen LogP contribution in [0.1, 0.15) is 43.2 Å². The molecule has 0 atom stereocenters. The molecule has 0 saturated carbocycles. The highest BCUT2D eigenvalue weighted by Gasteiger charge is 2.27. The molecule has 9 nitrogen and oxygen atoms in total. The number of hydrogen-bond donors (Lipinski definition) is 1. The first-order valence-electron chi connectivity index (χ1n) is 12.8. The van der Waals surface area contributed by atoms with Gasteiger partial charge in [-0.15, -0.1) is 0 Å². The molecular weight excluding hydrogens is 514 g/mol. The summed E-state index contributed by atoms with van der Waals surface area (Å²) in [5.74, 6) is 0.167. The number of sulfonamides is 2. The van der Waals surface area contributed by atoms with Gasteiger partial charge in [-0.2, -0.15) is 8.61 Å². The molecule has 2 saturated heterocycles. The van der Waals surface area contributed by atoms with E-state index in [1.165, 1.54) is 14.7 Å². The molecule has 2 aromatic carbocycles. The molecule has 0 unspecified atom stereocenters. The fourth-order valence-electron chi connectivity index (χ4n) is 4.64. The van der Waals surface area contributed by atoms with E-state index in [1.54, 1.807) is 43.3 Å². The monoisotopic (exact) mass is 549 g/mol. The maximum atomic E-state index is 12.9. The van der Waals surface area contributed by atoms with Gasteiger partial charge in [-0.1, -0.05) is 18.6 Å². The molecule has 202 valence electrons. The van der Waals surface area contributed by atoms with Crippen molar-refractivity contribution in [3.63, 3.8) is 0 Å². The van der Waals surface area contributed by atoms with E-state index < -0.39 is 20.0 Å². The Morgan fingerprint density at radius 2 is 1.35 bits per heavy atom. The zero-order valence-corrected chi connectivity index (χ0v) is 22.8. The Kier molecular flexibility index (Phi) is 8.89. The molecule has 2 heterocycles. The smallest absolute Gasteiger partial charge is 0.257 e. The van der Waals surface area contributed by atoms with Gasteiger partial charge in [0.05, 0.1) is 9.79 Å². The van der Waals surface area contributed by atoms with Gasteiger partial charge in [-0.05, 0) is 80.5 Å². The summed E-state index contributed by atoms with van der Waals surface area (Å²) in [7, 11) is -6.96. The molecule has 2 fully saturated rings. The van der Waals surface area contributed by atoms with Crippen LogP contribution in [0, 0.1) is 6.92 Å². The Hall–Kier alpha value is -2.47. The second-order valence-corrected chi connectivity index (χ2v) is 13.4. The summed E-state index contributed by atoms with van der Waals surface area (Å²) >= 11 is 0. The predicted molar refractivity (Wildman–Crippen MR) is 140 cm³/mol. The van der Waals surface area contributed by atoms with Crippen molar-refractivity contribution in [2.24, 2.45) is 0 Å². The van der Waals surface area contributed by atoms with Gasteiger partial charge in [0.2, 0.25) is 20.0 Å². The van der Waals surface area contributed by atoms with Crippen molar-refractivity contribution in [2.45, 2.75) is 55.2 Å². The molecule has 37 heavy (non-hydrogen) atoms. The van der Waals surface area contributed by atoms with Crippen molar-refractivity contribution in [3.8, 4) is 5.75 Å². The maximum Gasteiger partial charge on any atom is 0.257 e. The molecule has 2 aliphatic rings. The molecule has 0 radical (unpaired) electrons. The Bertz CT molecular complexity index is 1300. The average Bonchev–Trinajstić information content (AvgIpc) is 3.45. The van der Waals surface area contributed by atoms with E-state index in [2.05, 4.69) is 5.32 Å². The van der Waals surface area contributed by atoms with Crippen LogP contribution in [0.3, 0.4) is 0 Å². The summed E-state index contributed by atoms with van der Waals surface area (Å²) in [5.41, 5.74) is 1.57. The second-order valence-electron chi connectivity index (χ2n) is 9.54. The van der Waals surface area contributed by atoms with Gasteiger partial charge in [0.15, 0.2) is 6.61 Å². The summed E-state index contributed by atoms with van der Waals surface area (Å²) in [4.78, 5) is 12.8. The minimum absolute atomic E-state index is 0.188. The van der Waals surface area contributed by atoms with Crippen molar-refractivity contribution < 1.29 is 26.4 Å². The first-order chi connectivity index (χ1) is 17.7. The highest BCUT2D eigenvalue weighted by molar-refractivity contribution is 7.89. The van der Waals surface area contributed by atoms with Crippen LogP contribution in [-0.4, -0.2) is 70.7 Å². The van der Waals surface area contributed by atoms with Crippen LogP contribution in [0.4, 0.5) is 0 Å². The van der Waals surface area contributed by atoms with E-state index in [-0.39, 0.29) is 17.4 Å². The molecule has 1 amide bonds. The summed E-state index contributed by atoms with van der Waals surface area (Å²) in [6, 6.07) is 11.5. The van der Waals surface area contributed by atoms with Crippen LogP contribution < -0.4 is 10.1 Å². The quantitative estimate of drug-likeness (QED) is 0.488. The summed E-state index contributed by atoms with van der Waals surface area (Å²) < 4.78 is 59.7. The Morgan fingerprint density at radius 1 is 0.811 bits per heavy atom. The van der Waals surface area contributed by atoms with E-state index in [1.807, 2.05) is 0 Å². The molecule has 4 rings (SSSR count). The lowest BCUT2D eigenvalue weighted by atomic mass is 10.1.